The van der Waals surface area contributed by atoms with E-state index in [-0.39, 0.29) is 0 Å². The van der Waals surface area contributed by atoms with Crippen LogP contribution in [-0.4, -0.2) is 26.9 Å². The lowest BCUT2D eigenvalue weighted by atomic mass is 9.47. The lowest BCUT2D eigenvalue weighted by Gasteiger charge is -2.59. The second-order valence-electron chi connectivity index (χ2n) is 16.4. The maximum atomic E-state index is 9.43. The minimum absolute atomic E-state index is 0.300. The van der Waals surface area contributed by atoms with Gasteiger partial charge in [-0.2, -0.15) is 0 Å². The van der Waals surface area contributed by atoms with Gasteiger partial charge in [0.25, 0.3) is 0 Å². The highest BCUT2D eigenvalue weighted by molar-refractivity contribution is 6.56. The van der Waals surface area contributed by atoms with E-state index in [1.807, 2.05) is 0 Å². The van der Waals surface area contributed by atoms with Crippen molar-refractivity contribution in [2.75, 3.05) is 6.61 Å². The lowest BCUT2D eigenvalue weighted by Crippen LogP contribution is -2.51. The molecule has 5 aliphatic carbocycles. The average Bonchev–Trinajstić information content (AvgIpc) is 3.59. The molecule has 0 aromatic carbocycles. The zero-order valence-electron chi connectivity index (χ0n) is 26.2. The van der Waals surface area contributed by atoms with Crippen LogP contribution < -0.4 is 0 Å². The lowest BCUT2D eigenvalue weighted by molar-refractivity contribution is -0.0585. The molecule has 8 atom stereocenters. The van der Waals surface area contributed by atoms with E-state index in [4.69, 9.17) is 4.43 Å². The van der Waals surface area contributed by atoms with Crippen LogP contribution in [0.15, 0.2) is 11.6 Å². The Kier molecular flexibility index (Phi) is 8.72. The summed E-state index contributed by atoms with van der Waals surface area (Å²) in [4.78, 5) is 0. The maximum absolute atomic E-state index is 9.43. The van der Waals surface area contributed by atoms with Crippen molar-refractivity contribution in [3.8, 4) is 0 Å². The van der Waals surface area contributed by atoms with Gasteiger partial charge in [-0.05, 0) is 121 Å². The van der Waals surface area contributed by atoms with Crippen LogP contribution in [0.1, 0.15) is 138 Å². The van der Waals surface area contributed by atoms with Crippen molar-refractivity contribution < 1.29 is 9.53 Å². The van der Waals surface area contributed by atoms with E-state index in [9.17, 15) is 5.11 Å². The van der Waals surface area contributed by atoms with Crippen LogP contribution in [0.25, 0.3) is 0 Å². The van der Waals surface area contributed by atoms with Crippen LogP contribution in [0.5, 0.6) is 0 Å². The van der Waals surface area contributed by atoms with Crippen molar-refractivity contribution in [1.82, 2.24) is 0 Å². The summed E-state index contributed by atoms with van der Waals surface area (Å²) >= 11 is 0. The molecule has 4 saturated carbocycles. The maximum Gasteiger partial charge on any atom is 0.220 e. The van der Waals surface area contributed by atoms with Crippen LogP contribution in [0.4, 0.5) is 0 Å². The molecule has 0 spiro atoms. The molecule has 217 valence electrons. The Hall–Kier alpha value is -0.123. The van der Waals surface area contributed by atoms with E-state index in [0.29, 0.717) is 34.1 Å². The fourth-order valence-corrected chi connectivity index (χ4v) is 13.6. The molecule has 0 aliphatic heterocycles. The SMILES string of the molecule is CC(C)[Si](O[C@H]1CC[C@@]2(C)C(=CC[C@H]3[C@@H]4CC[C@H]([C@H](CCCCO)CC5CC5)[C@@]4(C)CC[C@@H]32)C1)C(C)(C)C. The van der Waals surface area contributed by atoms with E-state index in [1.165, 1.54) is 83.5 Å². The van der Waals surface area contributed by atoms with E-state index in [1.54, 1.807) is 5.57 Å². The Bertz CT molecular complexity index is 839. The van der Waals surface area contributed by atoms with Gasteiger partial charge in [0.1, 0.15) is 0 Å². The molecule has 5 aliphatic rings. The molecule has 0 amide bonds. The van der Waals surface area contributed by atoms with Crippen molar-refractivity contribution >= 4 is 9.04 Å². The molecule has 0 heterocycles. The predicted molar refractivity (Wildman–Crippen MR) is 162 cm³/mol. The summed E-state index contributed by atoms with van der Waals surface area (Å²) in [6.07, 6.45) is 22.3. The fraction of sp³-hybridized carbons (Fsp3) is 0.943. The van der Waals surface area contributed by atoms with Crippen molar-refractivity contribution in [2.45, 2.75) is 155 Å². The monoisotopic (exact) mass is 541 g/mol. The van der Waals surface area contributed by atoms with Crippen molar-refractivity contribution in [2.24, 2.45) is 46.3 Å². The summed E-state index contributed by atoms with van der Waals surface area (Å²) in [6, 6.07) is 0. The predicted octanol–water partition coefficient (Wildman–Crippen LogP) is 9.73. The number of unbranched alkanes of at least 4 members (excludes halogenated alkanes) is 1. The Balaban J connectivity index is 1.29. The molecule has 0 unspecified atom stereocenters. The third-order valence-electron chi connectivity index (χ3n) is 12.6. The molecule has 38 heavy (non-hydrogen) atoms. The fourth-order valence-electron chi connectivity index (χ4n) is 10.7. The smallest absolute Gasteiger partial charge is 0.220 e. The zero-order valence-corrected chi connectivity index (χ0v) is 27.2. The van der Waals surface area contributed by atoms with E-state index in [2.05, 4.69) is 54.5 Å². The molecular weight excluding hydrogens is 480 g/mol. The molecule has 1 N–H and O–H groups in total. The zero-order chi connectivity index (χ0) is 27.3. The highest BCUT2D eigenvalue weighted by atomic mass is 28.3. The molecule has 0 aromatic heterocycles. The van der Waals surface area contributed by atoms with Crippen molar-refractivity contribution in [1.29, 1.82) is 0 Å². The van der Waals surface area contributed by atoms with E-state index >= 15 is 0 Å². The molecule has 5 rings (SSSR count). The Morgan fingerprint density at radius 1 is 1.00 bits per heavy atom. The quantitative estimate of drug-likeness (QED) is 0.169. The van der Waals surface area contributed by atoms with Gasteiger partial charge in [-0.1, -0.05) is 85.8 Å². The first-order valence-electron chi connectivity index (χ1n) is 16.8. The largest absolute Gasteiger partial charge is 0.413 e. The molecule has 0 aromatic rings. The summed E-state index contributed by atoms with van der Waals surface area (Å²) in [5, 5.41) is 9.73. The molecule has 4 fully saturated rings. The van der Waals surface area contributed by atoms with Gasteiger partial charge in [-0.25, -0.2) is 0 Å². The van der Waals surface area contributed by atoms with Crippen LogP contribution in [0.2, 0.25) is 10.6 Å². The minimum atomic E-state index is -0.843. The number of aliphatic hydroxyl groups is 1. The van der Waals surface area contributed by atoms with E-state index < -0.39 is 9.04 Å². The number of hydrogen-bond donors (Lipinski definition) is 1. The van der Waals surface area contributed by atoms with Gasteiger partial charge < -0.3 is 9.53 Å². The molecule has 3 heteroatoms. The topological polar surface area (TPSA) is 29.5 Å². The molecular formula is C35H61O2Si. The number of fused-ring (bicyclic) bond motifs is 5. The normalized spacial score (nSPS) is 40.1. The van der Waals surface area contributed by atoms with Crippen LogP contribution in [0, 0.1) is 46.3 Å². The van der Waals surface area contributed by atoms with Crippen LogP contribution in [-0.2, 0) is 4.43 Å². The number of allylic oxidation sites excluding steroid dienone is 1. The second-order valence-corrected chi connectivity index (χ2v) is 20.0. The third-order valence-corrected chi connectivity index (χ3v) is 15.7. The first-order chi connectivity index (χ1) is 18.0. The van der Waals surface area contributed by atoms with Crippen LogP contribution >= 0.6 is 0 Å². The van der Waals surface area contributed by atoms with Gasteiger partial charge in [-0.3, -0.25) is 0 Å². The van der Waals surface area contributed by atoms with Crippen molar-refractivity contribution in [3.63, 3.8) is 0 Å². The van der Waals surface area contributed by atoms with Crippen LogP contribution in [0.3, 0.4) is 0 Å². The second kappa shape index (κ2) is 11.3. The number of rotatable bonds is 10. The van der Waals surface area contributed by atoms with E-state index in [0.717, 1.165) is 41.9 Å². The summed E-state index contributed by atoms with van der Waals surface area (Å²) < 4.78 is 7.00. The Labute approximate surface area is 237 Å². The standard InChI is InChI=1S/C35H61O2Si/c1-24(2)38(33(3,4)5)37-28-17-19-34(6)27(23-28)13-14-29-31-16-15-30(35(31,7)20-18-32(29)34)26(10-8-9-21-36)22-25-11-12-25/h13,24-26,28-32,36H,8-12,14-23H2,1-7H3/t26-,28+,29+,30-,31+,32+,34+,35-/m1/s1. The Morgan fingerprint density at radius 3 is 2.42 bits per heavy atom. The van der Waals surface area contributed by atoms with Gasteiger partial charge in [0.05, 0.1) is 0 Å². The highest BCUT2D eigenvalue weighted by Gasteiger charge is 2.59. The van der Waals surface area contributed by atoms with Gasteiger partial charge >= 0.3 is 0 Å². The summed E-state index contributed by atoms with van der Waals surface area (Å²) in [6.45, 7) is 17.7. The molecule has 1 radical (unpaired) electrons. The number of hydrogen-bond acceptors (Lipinski definition) is 2. The molecule has 0 saturated heterocycles. The third kappa shape index (κ3) is 5.65. The number of aliphatic hydroxyl groups excluding tert-OH is 1. The van der Waals surface area contributed by atoms with Gasteiger partial charge in [0, 0.05) is 12.7 Å². The molecule has 0 bridgehead atoms. The van der Waals surface area contributed by atoms with Crippen molar-refractivity contribution in [3.05, 3.63) is 11.6 Å². The average molecular weight is 542 g/mol. The molecule has 2 nitrogen and oxygen atoms in total. The Morgan fingerprint density at radius 2 is 1.76 bits per heavy atom. The first kappa shape index (κ1) is 29.4. The van der Waals surface area contributed by atoms with Gasteiger partial charge in [0.2, 0.25) is 9.04 Å². The summed E-state index contributed by atoms with van der Waals surface area (Å²) in [5.74, 6) is 5.62. The minimum Gasteiger partial charge on any atom is -0.413 e. The highest BCUT2D eigenvalue weighted by Crippen LogP contribution is 2.68. The summed E-state index contributed by atoms with van der Waals surface area (Å²) in [7, 11) is -0.843. The first-order valence-corrected chi connectivity index (χ1v) is 18.3. The summed E-state index contributed by atoms with van der Waals surface area (Å²) in [5.41, 5.74) is 3.42. The van der Waals surface area contributed by atoms with Gasteiger partial charge in [-0.15, -0.1) is 0 Å². The van der Waals surface area contributed by atoms with Gasteiger partial charge in [0.15, 0.2) is 0 Å².